The molecule has 0 amide bonds. The number of hydrogen-bond donors (Lipinski definition) is 1. The summed E-state index contributed by atoms with van der Waals surface area (Å²) in [7, 11) is 1.72. The van der Waals surface area contributed by atoms with E-state index in [1.54, 1.807) is 18.4 Å². The van der Waals surface area contributed by atoms with Gasteiger partial charge in [-0.05, 0) is 45.9 Å². The maximum Gasteiger partial charge on any atom is 0.0856 e. The Balaban J connectivity index is 2.40. The monoisotopic (exact) mass is 371 g/mol. The zero-order valence-electron chi connectivity index (χ0n) is 12.7. The van der Waals surface area contributed by atoms with Crippen LogP contribution < -0.4 is 5.32 Å². The molecule has 0 aliphatic heterocycles. The number of aromatic nitrogens is 2. The lowest BCUT2D eigenvalue weighted by Gasteiger charge is -2.20. The lowest BCUT2D eigenvalue weighted by Crippen LogP contribution is -2.26. The van der Waals surface area contributed by atoms with Gasteiger partial charge in [0, 0.05) is 12.0 Å². The van der Waals surface area contributed by atoms with Crippen molar-refractivity contribution in [1.82, 2.24) is 15.1 Å². The van der Waals surface area contributed by atoms with E-state index in [2.05, 4.69) is 51.6 Å². The largest absolute Gasteiger partial charge is 0.383 e. The molecule has 6 heteroatoms. The topological polar surface area (TPSA) is 39.1 Å². The Morgan fingerprint density at radius 2 is 2.29 bits per heavy atom. The molecule has 0 aromatic carbocycles. The second-order valence-corrected chi connectivity index (χ2v) is 6.55. The number of hydrogen-bond acceptors (Lipinski definition) is 4. The van der Waals surface area contributed by atoms with Crippen molar-refractivity contribution in [2.75, 3.05) is 20.3 Å². The molecule has 0 aliphatic carbocycles. The van der Waals surface area contributed by atoms with Gasteiger partial charge in [0.15, 0.2) is 0 Å². The molecule has 2 aromatic heterocycles. The standard InChI is InChI=1S/C15H22BrN3OS/c1-4-11-6-9-21-15(11)13(17-5-2)14-12(16)10-18-19(14)7-8-20-3/h6,9-10,13,17H,4-5,7-8H2,1-3H3. The summed E-state index contributed by atoms with van der Waals surface area (Å²) in [4.78, 5) is 1.37. The van der Waals surface area contributed by atoms with Gasteiger partial charge in [0.2, 0.25) is 0 Å². The minimum absolute atomic E-state index is 0.165. The fourth-order valence-corrected chi connectivity index (χ4v) is 4.02. The highest BCUT2D eigenvalue weighted by atomic mass is 79.9. The Hall–Kier alpha value is -0.690. The summed E-state index contributed by atoms with van der Waals surface area (Å²) < 4.78 is 8.26. The Labute approximate surface area is 138 Å². The van der Waals surface area contributed by atoms with Gasteiger partial charge < -0.3 is 10.1 Å². The van der Waals surface area contributed by atoms with E-state index in [0.29, 0.717) is 6.61 Å². The third-order valence-corrected chi connectivity index (χ3v) is 5.08. The molecule has 0 saturated carbocycles. The number of aryl methyl sites for hydroxylation is 1. The molecule has 2 rings (SSSR count). The third-order valence-electron chi connectivity index (χ3n) is 3.45. The maximum absolute atomic E-state index is 5.19. The fourth-order valence-electron chi connectivity index (χ4n) is 2.43. The molecule has 0 spiro atoms. The first-order chi connectivity index (χ1) is 10.2. The number of thiophene rings is 1. The molecule has 2 heterocycles. The van der Waals surface area contributed by atoms with Gasteiger partial charge in [-0.25, -0.2) is 0 Å². The first-order valence-corrected chi connectivity index (χ1v) is 8.89. The molecule has 2 aromatic rings. The fraction of sp³-hybridized carbons (Fsp3) is 0.533. The minimum atomic E-state index is 0.165. The van der Waals surface area contributed by atoms with Gasteiger partial charge in [0.05, 0.1) is 35.6 Å². The second kappa shape index (κ2) is 8.08. The van der Waals surface area contributed by atoms with E-state index in [-0.39, 0.29) is 6.04 Å². The first-order valence-electron chi connectivity index (χ1n) is 7.22. The number of ether oxygens (including phenoxy) is 1. The molecule has 116 valence electrons. The van der Waals surface area contributed by atoms with Gasteiger partial charge >= 0.3 is 0 Å². The van der Waals surface area contributed by atoms with Crippen LogP contribution in [0.5, 0.6) is 0 Å². The van der Waals surface area contributed by atoms with Crippen molar-refractivity contribution in [3.63, 3.8) is 0 Å². The van der Waals surface area contributed by atoms with Crippen LogP contribution in [0, 0.1) is 0 Å². The van der Waals surface area contributed by atoms with Gasteiger partial charge in [-0.1, -0.05) is 13.8 Å². The number of halogens is 1. The van der Waals surface area contributed by atoms with Crippen molar-refractivity contribution < 1.29 is 4.74 Å². The molecule has 0 saturated heterocycles. The number of nitrogens with zero attached hydrogens (tertiary/aromatic N) is 2. The molecular weight excluding hydrogens is 350 g/mol. The molecule has 0 fully saturated rings. The molecule has 0 radical (unpaired) electrons. The van der Waals surface area contributed by atoms with Crippen LogP contribution in [-0.4, -0.2) is 30.0 Å². The highest BCUT2D eigenvalue weighted by Gasteiger charge is 2.24. The van der Waals surface area contributed by atoms with Gasteiger partial charge in [0.1, 0.15) is 0 Å². The van der Waals surface area contributed by atoms with Crippen LogP contribution in [0.25, 0.3) is 0 Å². The zero-order valence-corrected chi connectivity index (χ0v) is 15.1. The molecule has 0 bridgehead atoms. The Morgan fingerprint density at radius 3 is 2.95 bits per heavy atom. The van der Waals surface area contributed by atoms with Gasteiger partial charge in [0.25, 0.3) is 0 Å². The van der Waals surface area contributed by atoms with Crippen LogP contribution in [0.1, 0.15) is 36.0 Å². The van der Waals surface area contributed by atoms with Crippen LogP contribution in [0.15, 0.2) is 22.1 Å². The summed E-state index contributed by atoms with van der Waals surface area (Å²) in [5.74, 6) is 0. The Bertz CT molecular complexity index is 567. The maximum atomic E-state index is 5.19. The third kappa shape index (κ3) is 3.74. The molecule has 1 unspecified atom stereocenters. The van der Waals surface area contributed by atoms with E-state index in [1.807, 2.05) is 10.9 Å². The van der Waals surface area contributed by atoms with Crippen LogP contribution in [0.3, 0.4) is 0 Å². The predicted molar refractivity (Wildman–Crippen MR) is 91.0 cm³/mol. The number of methoxy groups -OCH3 is 1. The average molecular weight is 372 g/mol. The van der Waals surface area contributed by atoms with E-state index in [0.717, 1.165) is 24.0 Å². The van der Waals surface area contributed by atoms with E-state index in [9.17, 15) is 0 Å². The number of rotatable bonds is 8. The molecule has 0 aliphatic rings. The lowest BCUT2D eigenvalue weighted by atomic mass is 10.1. The van der Waals surface area contributed by atoms with E-state index in [4.69, 9.17) is 4.74 Å². The smallest absolute Gasteiger partial charge is 0.0856 e. The summed E-state index contributed by atoms with van der Waals surface area (Å²) in [5.41, 5.74) is 2.57. The van der Waals surface area contributed by atoms with Crippen LogP contribution in [-0.2, 0) is 17.7 Å². The average Bonchev–Trinajstić information content (AvgIpc) is 3.09. The molecular formula is C15H22BrN3OS. The molecule has 1 N–H and O–H groups in total. The second-order valence-electron chi connectivity index (χ2n) is 4.75. The van der Waals surface area contributed by atoms with E-state index in [1.165, 1.54) is 16.1 Å². The molecule has 21 heavy (non-hydrogen) atoms. The summed E-state index contributed by atoms with van der Waals surface area (Å²) in [6, 6.07) is 2.38. The summed E-state index contributed by atoms with van der Waals surface area (Å²) in [6.45, 7) is 6.66. The van der Waals surface area contributed by atoms with E-state index < -0.39 is 0 Å². The van der Waals surface area contributed by atoms with Crippen molar-refractivity contribution in [3.05, 3.63) is 38.3 Å². The van der Waals surface area contributed by atoms with Gasteiger partial charge in [-0.3, -0.25) is 4.68 Å². The van der Waals surface area contributed by atoms with E-state index >= 15 is 0 Å². The molecule has 4 nitrogen and oxygen atoms in total. The highest BCUT2D eigenvalue weighted by molar-refractivity contribution is 9.10. The first kappa shape index (κ1) is 16.7. The van der Waals surface area contributed by atoms with Crippen molar-refractivity contribution in [2.24, 2.45) is 0 Å². The highest BCUT2D eigenvalue weighted by Crippen LogP contribution is 2.34. The van der Waals surface area contributed by atoms with Gasteiger partial charge in [-0.2, -0.15) is 5.10 Å². The summed E-state index contributed by atoms with van der Waals surface area (Å²) in [6.07, 6.45) is 2.92. The van der Waals surface area contributed by atoms with Crippen molar-refractivity contribution in [3.8, 4) is 0 Å². The number of nitrogens with one attached hydrogen (secondary N) is 1. The Kier molecular flexibility index (Phi) is 6.41. The SMILES string of the molecule is CCNC(c1sccc1CC)c1c(Br)cnn1CCOC. The molecule has 1 atom stereocenters. The van der Waals surface area contributed by atoms with Crippen LogP contribution >= 0.6 is 27.3 Å². The Morgan fingerprint density at radius 1 is 1.48 bits per heavy atom. The predicted octanol–water partition coefficient (Wildman–Crippen LogP) is 3.61. The van der Waals surface area contributed by atoms with Crippen LogP contribution in [0.2, 0.25) is 0 Å². The van der Waals surface area contributed by atoms with Crippen molar-refractivity contribution in [2.45, 2.75) is 32.9 Å². The quantitative estimate of drug-likeness (QED) is 0.769. The zero-order chi connectivity index (χ0) is 15.2. The minimum Gasteiger partial charge on any atom is -0.383 e. The summed E-state index contributed by atoms with van der Waals surface area (Å²) in [5, 5.41) is 10.2. The van der Waals surface area contributed by atoms with Gasteiger partial charge in [-0.15, -0.1) is 11.3 Å². The van der Waals surface area contributed by atoms with Crippen molar-refractivity contribution >= 4 is 27.3 Å². The normalized spacial score (nSPS) is 12.8. The lowest BCUT2D eigenvalue weighted by molar-refractivity contribution is 0.182. The van der Waals surface area contributed by atoms with Crippen LogP contribution in [0.4, 0.5) is 0 Å². The van der Waals surface area contributed by atoms with Crippen molar-refractivity contribution in [1.29, 1.82) is 0 Å². The summed E-state index contributed by atoms with van der Waals surface area (Å²) >= 11 is 5.46.